The Morgan fingerprint density at radius 2 is 1.80 bits per heavy atom. The fourth-order valence-corrected chi connectivity index (χ4v) is 4.57. The van der Waals surface area contributed by atoms with Gasteiger partial charge in [-0.2, -0.15) is 0 Å². The summed E-state index contributed by atoms with van der Waals surface area (Å²) in [7, 11) is 0. The van der Waals surface area contributed by atoms with Crippen LogP contribution in [0.1, 0.15) is 58.7 Å². The zero-order valence-corrected chi connectivity index (χ0v) is 21.9. The summed E-state index contributed by atoms with van der Waals surface area (Å²) in [6, 6.07) is -2.15. The van der Waals surface area contributed by atoms with Crippen molar-refractivity contribution >= 4 is 33.6 Å². The Morgan fingerprint density at radius 3 is 2.34 bits per heavy atom. The number of hydrogen-bond donors (Lipinski definition) is 5. The molecule has 0 radical (unpaired) electrons. The first kappa shape index (κ1) is 29.3. The molecule has 1 aliphatic rings. The van der Waals surface area contributed by atoms with E-state index in [4.69, 9.17) is 16.2 Å². The molecule has 0 aliphatic carbocycles. The number of nitrogens with zero attached hydrogens (tertiary/aromatic N) is 1. The molecule has 7 N–H and O–H groups in total. The van der Waals surface area contributed by atoms with Crippen LogP contribution < -0.4 is 22.7 Å². The van der Waals surface area contributed by atoms with Gasteiger partial charge in [-0.15, -0.1) is 0 Å². The molecular formula is C23H35BrN4O7. The highest BCUT2D eigenvalue weighted by molar-refractivity contribution is 9.11. The summed E-state index contributed by atoms with van der Waals surface area (Å²) in [6.45, 7) is 7.41. The number of aromatic nitrogens is 2. The number of carbonyl (C=O) groups excluding carboxylic acids is 2. The molecule has 1 saturated heterocycles. The topological polar surface area (TPSA) is 191 Å². The second kappa shape index (κ2) is 11.8. The summed E-state index contributed by atoms with van der Waals surface area (Å²) in [5.74, 6) is -1.54. The molecule has 1 fully saturated rings. The molecule has 1 aromatic rings. The lowest BCUT2D eigenvalue weighted by Crippen LogP contribution is -2.60. The largest absolute Gasteiger partial charge is 0.382 e. The third kappa shape index (κ3) is 6.63. The van der Waals surface area contributed by atoms with Crippen molar-refractivity contribution < 1.29 is 24.5 Å². The molecule has 1 unspecified atom stereocenters. The fourth-order valence-electron chi connectivity index (χ4n) is 4.28. The molecule has 0 spiro atoms. The highest BCUT2D eigenvalue weighted by atomic mass is 79.9. The quantitative estimate of drug-likeness (QED) is 0.251. The van der Waals surface area contributed by atoms with Gasteiger partial charge in [-0.3, -0.25) is 23.9 Å². The van der Waals surface area contributed by atoms with Gasteiger partial charge in [0, 0.05) is 12.6 Å². The summed E-state index contributed by atoms with van der Waals surface area (Å²) in [5.41, 5.74) is 8.21. The molecule has 1 aromatic heterocycles. The Kier molecular flexibility index (Phi) is 9.91. The van der Waals surface area contributed by atoms with Gasteiger partial charge in [0.2, 0.25) is 0 Å². The van der Waals surface area contributed by atoms with E-state index in [0.717, 1.165) is 4.57 Å². The number of ether oxygens (including phenoxy) is 1. The number of ketones is 2. The SMILES string of the molecule is CC(C)C[C@@H](N)C(=O)C(O)[C@H]1O[C@@H](n2cc(/C=C/Br)c(=O)[nH]c2=O)C[C@@]1(O)C(=O)[C@H](N)CC(C)C. The number of nitrogens with two attached hydrogens (primary N) is 2. The van der Waals surface area contributed by atoms with Crippen LogP contribution >= 0.6 is 15.9 Å². The number of aromatic amines is 1. The molecule has 6 atom stereocenters. The van der Waals surface area contributed by atoms with Crippen LogP contribution in [0.15, 0.2) is 20.8 Å². The van der Waals surface area contributed by atoms with Gasteiger partial charge >= 0.3 is 5.69 Å². The number of halogens is 1. The number of rotatable bonds is 11. The van der Waals surface area contributed by atoms with Gasteiger partial charge in [-0.25, -0.2) is 4.79 Å². The molecule has 2 rings (SSSR count). The van der Waals surface area contributed by atoms with E-state index < -0.39 is 65.4 Å². The van der Waals surface area contributed by atoms with Crippen LogP contribution in [0, 0.1) is 11.8 Å². The van der Waals surface area contributed by atoms with E-state index in [-0.39, 0.29) is 30.2 Å². The van der Waals surface area contributed by atoms with Crippen LogP contribution in [0.4, 0.5) is 0 Å². The summed E-state index contributed by atoms with van der Waals surface area (Å²) in [6.07, 6.45) is -2.33. The smallest absolute Gasteiger partial charge is 0.330 e. The maximum atomic E-state index is 13.3. The third-order valence-electron chi connectivity index (χ3n) is 5.97. The van der Waals surface area contributed by atoms with Crippen molar-refractivity contribution in [2.45, 2.75) is 83.1 Å². The first-order valence-corrected chi connectivity index (χ1v) is 12.4. The molecule has 11 nitrogen and oxygen atoms in total. The van der Waals surface area contributed by atoms with Crippen molar-refractivity contribution in [3.8, 4) is 0 Å². The molecular weight excluding hydrogens is 524 g/mol. The monoisotopic (exact) mass is 558 g/mol. The average molecular weight is 559 g/mol. The van der Waals surface area contributed by atoms with Gasteiger partial charge in [0.1, 0.15) is 18.4 Å². The fraction of sp³-hybridized carbons (Fsp3) is 0.652. The van der Waals surface area contributed by atoms with E-state index in [1.165, 1.54) is 17.3 Å². The molecule has 35 heavy (non-hydrogen) atoms. The number of H-pyrrole nitrogens is 1. The van der Waals surface area contributed by atoms with Crippen LogP contribution in [0.25, 0.3) is 6.08 Å². The highest BCUT2D eigenvalue weighted by Gasteiger charge is 2.58. The van der Waals surface area contributed by atoms with Crippen molar-refractivity contribution in [1.82, 2.24) is 9.55 Å². The molecule has 1 aliphatic heterocycles. The first-order valence-electron chi connectivity index (χ1n) is 11.5. The van der Waals surface area contributed by atoms with Gasteiger partial charge in [-0.1, -0.05) is 43.6 Å². The lowest BCUT2D eigenvalue weighted by atomic mass is 9.80. The summed E-state index contributed by atoms with van der Waals surface area (Å²) in [5, 5.41) is 22.4. The molecule has 0 amide bonds. The van der Waals surface area contributed by atoms with Crippen molar-refractivity contribution in [1.29, 1.82) is 0 Å². The summed E-state index contributed by atoms with van der Waals surface area (Å²) in [4.78, 5) is 54.3. The minimum Gasteiger partial charge on any atom is -0.382 e. The van der Waals surface area contributed by atoms with Gasteiger partial charge in [0.05, 0.1) is 17.6 Å². The zero-order valence-electron chi connectivity index (χ0n) is 20.3. The number of Topliss-reactive ketones (excluding diaryl/α,β-unsaturated/α-hetero) is 2. The third-order valence-corrected chi connectivity index (χ3v) is 6.23. The highest BCUT2D eigenvalue weighted by Crippen LogP contribution is 2.40. The second-order valence-electron chi connectivity index (χ2n) is 9.87. The molecule has 2 heterocycles. The Hall–Kier alpha value is -1.96. The van der Waals surface area contributed by atoms with Gasteiger partial charge < -0.3 is 26.4 Å². The predicted molar refractivity (Wildman–Crippen MR) is 134 cm³/mol. The maximum absolute atomic E-state index is 13.3. The van der Waals surface area contributed by atoms with E-state index in [2.05, 4.69) is 20.9 Å². The van der Waals surface area contributed by atoms with Crippen LogP contribution in [-0.2, 0) is 14.3 Å². The zero-order chi connectivity index (χ0) is 26.7. The van der Waals surface area contributed by atoms with Gasteiger partial charge in [0.25, 0.3) is 5.56 Å². The van der Waals surface area contributed by atoms with E-state index in [1.54, 1.807) is 0 Å². The molecule has 12 heteroatoms. The Morgan fingerprint density at radius 1 is 1.23 bits per heavy atom. The van der Waals surface area contributed by atoms with E-state index in [9.17, 15) is 29.4 Å². The molecule has 0 bridgehead atoms. The van der Waals surface area contributed by atoms with Crippen LogP contribution in [-0.4, -0.2) is 61.2 Å². The number of nitrogens with one attached hydrogen (secondary N) is 1. The van der Waals surface area contributed by atoms with Gasteiger partial charge in [-0.05, 0) is 35.7 Å². The number of aliphatic hydroxyl groups is 2. The Balaban J connectivity index is 2.52. The van der Waals surface area contributed by atoms with Crippen LogP contribution in [0.5, 0.6) is 0 Å². The molecule has 196 valence electrons. The Labute approximate surface area is 211 Å². The van der Waals surface area contributed by atoms with E-state index >= 15 is 0 Å². The first-order chi connectivity index (χ1) is 16.2. The lowest BCUT2D eigenvalue weighted by molar-refractivity contribution is -0.162. The van der Waals surface area contributed by atoms with Crippen molar-refractivity contribution in [2.24, 2.45) is 23.3 Å². The minimum absolute atomic E-state index is 0.0283. The van der Waals surface area contributed by atoms with E-state index in [0.29, 0.717) is 0 Å². The second-order valence-corrected chi connectivity index (χ2v) is 10.4. The normalized spacial score (nSPS) is 25.3. The number of hydrogen-bond acceptors (Lipinski definition) is 9. The van der Waals surface area contributed by atoms with Gasteiger partial charge in [0.15, 0.2) is 17.2 Å². The number of carbonyl (C=O) groups is 2. The lowest BCUT2D eigenvalue weighted by Gasteiger charge is -2.32. The Bertz CT molecular complexity index is 1070. The molecule has 0 aromatic carbocycles. The van der Waals surface area contributed by atoms with Crippen LogP contribution in [0.2, 0.25) is 0 Å². The predicted octanol–water partition coefficient (Wildman–Crippen LogP) is 0.167. The summed E-state index contributed by atoms with van der Waals surface area (Å²) >= 11 is 3.06. The average Bonchev–Trinajstić information content (AvgIpc) is 3.11. The van der Waals surface area contributed by atoms with Crippen molar-refractivity contribution in [2.75, 3.05) is 0 Å². The van der Waals surface area contributed by atoms with E-state index in [1.807, 2.05) is 27.7 Å². The number of aliphatic hydroxyl groups excluding tert-OH is 1. The standard InChI is InChI=1S/C23H35BrN4O7/c1-11(2)7-14(25)17(29)18(30)20-23(34,19(31)15(26)8-12(3)4)9-16(35-20)28-10-13(5-6-24)21(32)27-22(28)33/h5-6,10-12,14-16,18,20,30,34H,7-9,25-26H2,1-4H3,(H,27,32,33)/b6-5+/t14-,15-,16-,18?,20-,23-/m1/s1. The minimum atomic E-state index is -2.38. The van der Waals surface area contributed by atoms with Crippen molar-refractivity contribution in [3.05, 3.63) is 37.6 Å². The maximum Gasteiger partial charge on any atom is 0.330 e. The molecule has 0 saturated carbocycles. The summed E-state index contributed by atoms with van der Waals surface area (Å²) < 4.78 is 6.77. The van der Waals surface area contributed by atoms with Crippen LogP contribution in [0.3, 0.4) is 0 Å². The van der Waals surface area contributed by atoms with Crippen molar-refractivity contribution in [3.63, 3.8) is 0 Å².